The van der Waals surface area contributed by atoms with E-state index < -0.39 is 0 Å². The van der Waals surface area contributed by atoms with Gasteiger partial charge in [0, 0.05) is 4.47 Å². The normalized spacial score (nSPS) is 12.3. The lowest BCUT2D eigenvalue weighted by Crippen LogP contribution is -2.27. The first-order chi connectivity index (χ1) is 7.04. The van der Waals surface area contributed by atoms with E-state index in [0.29, 0.717) is 0 Å². The zero-order valence-corrected chi connectivity index (χ0v) is 11.0. The molecule has 1 N–H and O–H groups in total. The second kappa shape index (κ2) is 5.52. The van der Waals surface area contributed by atoms with Crippen LogP contribution in [-0.4, -0.2) is 11.8 Å². The summed E-state index contributed by atoms with van der Waals surface area (Å²) in [5.74, 6) is -0.149. The number of aryl methyl sites for hydroxylation is 1. The van der Waals surface area contributed by atoms with Crippen LogP contribution >= 0.6 is 27.5 Å². The molecule has 1 aromatic rings. The highest BCUT2D eigenvalue weighted by molar-refractivity contribution is 9.10. The van der Waals surface area contributed by atoms with Crippen molar-refractivity contribution in [1.82, 2.24) is 5.32 Å². The summed E-state index contributed by atoms with van der Waals surface area (Å²) in [6, 6.07) is 6.00. The standard InChI is InChI=1S/C11H13BrClNO/c1-7-5-9(3-4-10(7)12)8(2)14-11(15)6-13/h3-5,8H,6H2,1-2H3,(H,14,15)/t8-/m1/s1. The second-order valence-electron chi connectivity index (χ2n) is 3.43. The average Bonchev–Trinajstić information content (AvgIpc) is 2.21. The van der Waals surface area contributed by atoms with Gasteiger partial charge in [0.1, 0.15) is 5.88 Å². The molecule has 1 amide bonds. The maximum Gasteiger partial charge on any atom is 0.235 e. The molecule has 0 aliphatic carbocycles. The molecule has 0 unspecified atom stereocenters. The molecule has 0 saturated carbocycles. The van der Waals surface area contributed by atoms with Gasteiger partial charge in [0.15, 0.2) is 0 Å². The molecule has 2 nitrogen and oxygen atoms in total. The molecular weight excluding hydrogens is 277 g/mol. The molecule has 1 aromatic carbocycles. The van der Waals surface area contributed by atoms with Crippen molar-refractivity contribution in [2.24, 2.45) is 0 Å². The smallest absolute Gasteiger partial charge is 0.235 e. The van der Waals surface area contributed by atoms with E-state index in [4.69, 9.17) is 11.6 Å². The molecule has 0 radical (unpaired) electrons. The Morgan fingerprint density at radius 1 is 1.60 bits per heavy atom. The van der Waals surface area contributed by atoms with Gasteiger partial charge in [-0.15, -0.1) is 11.6 Å². The van der Waals surface area contributed by atoms with Crippen molar-refractivity contribution < 1.29 is 4.79 Å². The van der Waals surface area contributed by atoms with Crippen LogP contribution in [0.3, 0.4) is 0 Å². The lowest BCUT2D eigenvalue weighted by molar-refractivity contribution is -0.119. The Balaban J connectivity index is 2.78. The summed E-state index contributed by atoms with van der Waals surface area (Å²) < 4.78 is 1.07. The molecule has 0 aromatic heterocycles. The Hall–Kier alpha value is -0.540. The summed E-state index contributed by atoms with van der Waals surface area (Å²) in [6.07, 6.45) is 0. The van der Waals surface area contributed by atoms with Crippen molar-refractivity contribution >= 4 is 33.4 Å². The number of benzene rings is 1. The van der Waals surface area contributed by atoms with Crippen LogP contribution in [0.2, 0.25) is 0 Å². The number of halogens is 2. The Morgan fingerprint density at radius 2 is 2.27 bits per heavy atom. The van der Waals surface area contributed by atoms with Crippen molar-refractivity contribution in [3.05, 3.63) is 33.8 Å². The molecule has 15 heavy (non-hydrogen) atoms. The predicted octanol–water partition coefficient (Wildman–Crippen LogP) is 3.17. The third-order valence-electron chi connectivity index (χ3n) is 2.18. The van der Waals surface area contributed by atoms with E-state index in [1.807, 2.05) is 32.0 Å². The summed E-state index contributed by atoms with van der Waals surface area (Å²) in [7, 11) is 0. The predicted molar refractivity (Wildman–Crippen MR) is 66.2 cm³/mol. The maximum absolute atomic E-state index is 11.1. The Morgan fingerprint density at radius 3 is 2.80 bits per heavy atom. The second-order valence-corrected chi connectivity index (χ2v) is 4.55. The van der Waals surface area contributed by atoms with E-state index in [-0.39, 0.29) is 17.8 Å². The van der Waals surface area contributed by atoms with Gasteiger partial charge in [-0.3, -0.25) is 4.79 Å². The van der Waals surface area contributed by atoms with E-state index in [1.165, 1.54) is 0 Å². The zero-order chi connectivity index (χ0) is 11.4. The molecule has 0 spiro atoms. The van der Waals surface area contributed by atoms with Crippen LogP contribution in [-0.2, 0) is 4.79 Å². The molecule has 4 heteroatoms. The van der Waals surface area contributed by atoms with Crippen LogP contribution in [0.4, 0.5) is 0 Å². The molecule has 0 aliphatic heterocycles. The molecular formula is C11H13BrClNO. The van der Waals surface area contributed by atoms with E-state index >= 15 is 0 Å². The average molecular weight is 291 g/mol. The van der Waals surface area contributed by atoms with Crippen LogP contribution in [0.1, 0.15) is 24.1 Å². The number of nitrogens with one attached hydrogen (secondary N) is 1. The minimum Gasteiger partial charge on any atom is -0.349 e. The maximum atomic E-state index is 11.1. The zero-order valence-electron chi connectivity index (χ0n) is 8.68. The van der Waals surface area contributed by atoms with E-state index in [0.717, 1.165) is 15.6 Å². The Labute approximate surface area is 103 Å². The quantitative estimate of drug-likeness (QED) is 0.851. The van der Waals surface area contributed by atoms with Gasteiger partial charge in [-0.1, -0.05) is 28.1 Å². The number of alkyl halides is 1. The third-order valence-corrected chi connectivity index (χ3v) is 3.31. The highest BCUT2D eigenvalue weighted by Gasteiger charge is 2.09. The third kappa shape index (κ3) is 3.50. The number of hydrogen-bond donors (Lipinski definition) is 1. The van der Waals surface area contributed by atoms with E-state index in [2.05, 4.69) is 21.2 Å². The minimum absolute atomic E-state index is 0.000149. The first-order valence-electron chi connectivity index (χ1n) is 4.66. The fourth-order valence-electron chi connectivity index (χ4n) is 1.30. The van der Waals surface area contributed by atoms with Gasteiger partial charge < -0.3 is 5.32 Å². The number of amides is 1. The molecule has 82 valence electrons. The van der Waals surface area contributed by atoms with Crippen LogP contribution in [0, 0.1) is 6.92 Å². The van der Waals surface area contributed by atoms with Gasteiger partial charge in [-0.05, 0) is 31.0 Å². The minimum atomic E-state index is -0.148. The fourth-order valence-corrected chi connectivity index (χ4v) is 1.62. The molecule has 0 bridgehead atoms. The summed E-state index contributed by atoms with van der Waals surface area (Å²) in [5.41, 5.74) is 2.23. The van der Waals surface area contributed by atoms with Gasteiger partial charge in [-0.2, -0.15) is 0 Å². The summed E-state index contributed by atoms with van der Waals surface area (Å²) >= 11 is 8.86. The number of hydrogen-bond acceptors (Lipinski definition) is 1. The number of rotatable bonds is 3. The Kier molecular flexibility index (Phi) is 4.61. The van der Waals surface area contributed by atoms with E-state index in [1.54, 1.807) is 0 Å². The van der Waals surface area contributed by atoms with Gasteiger partial charge in [0.05, 0.1) is 6.04 Å². The first-order valence-corrected chi connectivity index (χ1v) is 5.98. The first kappa shape index (κ1) is 12.5. The largest absolute Gasteiger partial charge is 0.349 e. The van der Waals surface area contributed by atoms with Crippen molar-refractivity contribution in [2.45, 2.75) is 19.9 Å². The van der Waals surface area contributed by atoms with Crippen LogP contribution in [0.5, 0.6) is 0 Å². The lowest BCUT2D eigenvalue weighted by atomic mass is 10.1. The lowest BCUT2D eigenvalue weighted by Gasteiger charge is -2.14. The monoisotopic (exact) mass is 289 g/mol. The fraction of sp³-hybridized carbons (Fsp3) is 0.364. The summed E-state index contributed by atoms with van der Waals surface area (Å²) in [4.78, 5) is 11.1. The number of carbonyl (C=O) groups is 1. The van der Waals surface area contributed by atoms with Gasteiger partial charge in [0.2, 0.25) is 5.91 Å². The van der Waals surface area contributed by atoms with Gasteiger partial charge in [-0.25, -0.2) is 0 Å². The summed E-state index contributed by atoms with van der Waals surface area (Å²) in [5, 5.41) is 2.81. The Bertz CT molecular complexity index is 368. The highest BCUT2D eigenvalue weighted by Crippen LogP contribution is 2.21. The number of carbonyl (C=O) groups excluding carboxylic acids is 1. The van der Waals surface area contributed by atoms with Crippen LogP contribution < -0.4 is 5.32 Å². The molecule has 1 atom stereocenters. The van der Waals surface area contributed by atoms with Crippen LogP contribution in [0.15, 0.2) is 22.7 Å². The molecule has 0 fully saturated rings. The van der Waals surface area contributed by atoms with Crippen LogP contribution in [0.25, 0.3) is 0 Å². The SMILES string of the molecule is Cc1cc([C@@H](C)NC(=O)CCl)ccc1Br. The summed E-state index contributed by atoms with van der Waals surface area (Å²) in [6.45, 7) is 3.96. The van der Waals surface area contributed by atoms with E-state index in [9.17, 15) is 4.79 Å². The topological polar surface area (TPSA) is 29.1 Å². The van der Waals surface area contributed by atoms with Crippen molar-refractivity contribution in [1.29, 1.82) is 0 Å². The van der Waals surface area contributed by atoms with Crippen molar-refractivity contribution in [3.63, 3.8) is 0 Å². The van der Waals surface area contributed by atoms with Gasteiger partial charge >= 0.3 is 0 Å². The molecule has 0 aliphatic rings. The molecule has 0 saturated heterocycles. The molecule has 1 rings (SSSR count). The highest BCUT2D eigenvalue weighted by atomic mass is 79.9. The van der Waals surface area contributed by atoms with Crippen molar-refractivity contribution in [3.8, 4) is 0 Å². The van der Waals surface area contributed by atoms with Gasteiger partial charge in [0.25, 0.3) is 0 Å². The molecule has 0 heterocycles. The van der Waals surface area contributed by atoms with Crippen molar-refractivity contribution in [2.75, 3.05) is 5.88 Å².